The van der Waals surface area contributed by atoms with Gasteiger partial charge in [0.1, 0.15) is 6.04 Å². The van der Waals surface area contributed by atoms with Gasteiger partial charge in [0.25, 0.3) is 0 Å². The maximum atomic E-state index is 11.0. The highest BCUT2D eigenvalue weighted by atomic mass is 16.4. The fourth-order valence-electron chi connectivity index (χ4n) is 1.50. The Kier molecular flexibility index (Phi) is 7.49. The minimum absolute atomic E-state index is 0.0705. The van der Waals surface area contributed by atoms with Crippen LogP contribution in [0, 0.1) is 0 Å². The molecule has 0 saturated carbocycles. The molecule has 6 nitrogen and oxygen atoms in total. The molecule has 0 heterocycles. The fraction of sp³-hybridized carbons (Fsp3) is 0.818. The molecule has 0 aromatic heterocycles. The maximum Gasteiger partial charge on any atom is 0.327 e. The van der Waals surface area contributed by atoms with E-state index in [0.717, 1.165) is 0 Å². The van der Waals surface area contributed by atoms with Gasteiger partial charge in [0.05, 0.1) is 0 Å². The predicted molar refractivity (Wildman–Crippen MR) is 63.7 cm³/mol. The number of aliphatic hydroxyl groups is 1. The van der Waals surface area contributed by atoms with Gasteiger partial charge >= 0.3 is 5.97 Å². The third kappa shape index (κ3) is 6.91. The van der Waals surface area contributed by atoms with E-state index in [9.17, 15) is 9.59 Å². The van der Waals surface area contributed by atoms with E-state index in [2.05, 4.69) is 5.32 Å². The highest BCUT2D eigenvalue weighted by molar-refractivity contribution is 5.82. The minimum atomic E-state index is -1.05. The van der Waals surface area contributed by atoms with Crippen LogP contribution in [-0.2, 0) is 9.59 Å². The molecule has 0 bridgehead atoms. The van der Waals surface area contributed by atoms with Crippen molar-refractivity contribution >= 4 is 11.9 Å². The first-order valence-electron chi connectivity index (χ1n) is 5.73. The van der Waals surface area contributed by atoms with Crippen molar-refractivity contribution in [2.75, 3.05) is 19.7 Å². The van der Waals surface area contributed by atoms with Gasteiger partial charge in [-0.25, -0.2) is 4.79 Å². The van der Waals surface area contributed by atoms with Crippen LogP contribution >= 0.6 is 0 Å². The van der Waals surface area contributed by atoms with E-state index in [1.54, 1.807) is 0 Å². The Morgan fingerprint density at radius 1 is 1.35 bits per heavy atom. The molecule has 0 aliphatic heterocycles. The number of aliphatic carboxylic acids is 1. The van der Waals surface area contributed by atoms with E-state index in [0.29, 0.717) is 13.0 Å². The average Bonchev–Trinajstić information content (AvgIpc) is 2.21. The van der Waals surface area contributed by atoms with Crippen LogP contribution < -0.4 is 5.32 Å². The second kappa shape index (κ2) is 8.03. The first-order chi connectivity index (χ1) is 7.88. The van der Waals surface area contributed by atoms with Gasteiger partial charge in [-0.2, -0.15) is 0 Å². The molecule has 1 amide bonds. The Balaban J connectivity index is 4.44. The number of carbonyl (C=O) groups is 2. The standard InChI is InChI=1S/C11H22N2O4/c1-8(2)13(5-4-6-14)7-10(11(16)17)12-9(3)15/h8,10,14H,4-7H2,1-3H3,(H,12,15)(H,16,17). The van der Waals surface area contributed by atoms with E-state index >= 15 is 0 Å². The predicted octanol–water partition coefficient (Wildman–Crippen LogP) is -0.331. The number of carbonyl (C=O) groups excluding carboxylic acids is 1. The number of nitrogens with zero attached hydrogens (tertiary/aromatic N) is 1. The second-order valence-electron chi connectivity index (χ2n) is 4.26. The molecule has 100 valence electrons. The van der Waals surface area contributed by atoms with E-state index in [1.807, 2.05) is 18.7 Å². The van der Waals surface area contributed by atoms with Crippen molar-refractivity contribution in [3.63, 3.8) is 0 Å². The Morgan fingerprint density at radius 2 is 1.94 bits per heavy atom. The summed E-state index contributed by atoms with van der Waals surface area (Å²) in [4.78, 5) is 23.8. The number of aliphatic hydroxyl groups excluding tert-OH is 1. The highest BCUT2D eigenvalue weighted by Gasteiger charge is 2.22. The van der Waals surface area contributed by atoms with Crippen molar-refractivity contribution in [3.8, 4) is 0 Å². The number of hydrogen-bond donors (Lipinski definition) is 3. The van der Waals surface area contributed by atoms with E-state index in [-0.39, 0.29) is 25.1 Å². The Bertz CT molecular complexity index is 256. The first kappa shape index (κ1) is 15.9. The van der Waals surface area contributed by atoms with Gasteiger partial charge in [0, 0.05) is 32.7 Å². The van der Waals surface area contributed by atoms with Crippen LogP contribution in [0.25, 0.3) is 0 Å². The Labute approximate surface area is 102 Å². The smallest absolute Gasteiger partial charge is 0.327 e. The van der Waals surface area contributed by atoms with E-state index < -0.39 is 12.0 Å². The van der Waals surface area contributed by atoms with Crippen LogP contribution in [0.5, 0.6) is 0 Å². The largest absolute Gasteiger partial charge is 0.480 e. The SMILES string of the molecule is CC(=O)NC(CN(CCCO)C(C)C)C(=O)O. The molecule has 0 aliphatic carbocycles. The summed E-state index contributed by atoms with van der Waals surface area (Å²) in [6.45, 7) is 6.11. The third-order valence-corrected chi connectivity index (χ3v) is 2.43. The topological polar surface area (TPSA) is 89.9 Å². The summed E-state index contributed by atoms with van der Waals surface area (Å²) in [7, 11) is 0. The molecule has 0 spiro atoms. The van der Waals surface area contributed by atoms with Crippen molar-refractivity contribution in [2.45, 2.75) is 39.3 Å². The number of rotatable bonds is 8. The van der Waals surface area contributed by atoms with Crippen LogP contribution in [0.3, 0.4) is 0 Å². The monoisotopic (exact) mass is 246 g/mol. The van der Waals surface area contributed by atoms with Gasteiger partial charge in [-0.05, 0) is 20.3 Å². The second-order valence-corrected chi connectivity index (χ2v) is 4.26. The Hall–Kier alpha value is -1.14. The molecule has 6 heteroatoms. The molecule has 0 aromatic carbocycles. The van der Waals surface area contributed by atoms with Crippen LogP contribution in [0.1, 0.15) is 27.2 Å². The molecule has 0 saturated heterocycles. The summed E-state index contributed by atoms with van der Waals surface area (Å²) in [5.41, 5.74) is 0. The van der Waals surface area contributed by atoms with Crippen molar-refractivity contribution in [1.82, 2.24) is 10.2 Å². The van der Waals surface area contributed by atoms with Gasteiger partial charge < -0.3 is 15.5 Å². The van der Waals surface area contributed by atoms with E-state index in [4.69, 9.17) is 10.2 Å². The summed E-state index contributed by atoms with van der Waals surface area (Å²) < 4.78 is 0. The van der Waals surface area contributed by atoms with Gasteiger partial charge in [-0.15, -0.1) is 0 Å². The summed E-state index contributed by atoms with van der Waals surface area (Å²) in [6, 6.07) is -0.745. The lowest BCUT2D eigenvalue weighted by molar-refractivity contribution is -0.142. The number of hydrogen-bond acceptors (Lipinski definition) is 4. The zero-order chi connectivity index (χ0) is 13.4. The molecular weight excluding hydrogens is 224 g/mol. The molecule has 0 aliphatic rings. The minimum Gasteiger partial charge on any atom is -0.480 e. The molecule has 3 N–H and O–H groups in total. The molecule has 0 fully saturated rings. The summed E-state index contributed by atoms with van der Waals surface area (Å²) in [5, 5.41) is 20.2. The zero-order valence-corrected chi connectivity index (χ0v) is 10.6. The highest BCUT2D eigenvalue weighted by Crippen LogP contribution is 2.02. The number of carboxylic acid groups (broad SMARTS) is 1. The van der Waals surface area contributed by atoms with E-state index in [1.165, 1.54) is 6.92 Å². The van der Waals surface area contributed by atoms with Crippen LogP contribution in [0.2, 0.25) is 0 Å². The molecular formula is C11H22N2O4. The average molecular weight is 246 g/mol. The quantitative estimate of drug-likeness (QED) is 0.545. The lowest BCUT2D eigenvalue weighted by Crippen LogP contribution is -2.49. The van der Waals surface area contributed by atoms with Crippen LogP contribution in [-0.4, -0.2) is 58.8 Å². The van der Waals surface area contributed by atoms with Gasteiger partial charge in [-0.3, -0.25) is 9.69 Å². The molecule has 17 heavy (non-hydrogen) atoms. The summed E-state index contributed by atoms with van der Waals surface area (Å²) >= 11 is 0. The maximum absolute atomic E-state index is 11.0. The van der Waals surface area contributed by atoms with Crippen LogP contribution in [0.15, 0.2) is 0 Å². The molecule has 1 atom stereocenters. The molecule has 0 aromatic rings. The van der Waals surface area contributed by atoms with Crippen molar-refractivity contribution < 1.29 is 19.8 Å². The fourth-order valence-corrected chi connectivity index (χ4v) is 1.50. The third-order valence-electron chi connectivity index (χ3n) is 2.43. The Morgan fingerprint density at radius 3 is 2.29 bits per heavy atom. The number of amides is 1. The van der Waals surface area contributed by atoms with Gasteiger partial charge in [-0.1, -0.05) is 0 Å². The molecule has 0 rings (SSSR count). The summed E-state index contributed by atoms with van der Waals surface area (Å²) in [5.74, 6) is -1.40. The van der Waals surface area contributed by atoms with Crippen molar-refractivity contribution in [1.29, 1.82) is 0 Å². The summed E-state index contributed by atoms with van der Waals surface area (Å²) in [6.07, 6.45) is 0.588. The zero-order valence-electron chi connectivity index (χ0n) is 10.6. The first-order valence-corrected chi connectivity index (χ1v) is 5.73. The van der Waals surface area contributed by atoms with Crippen molar-refractivity contribution in [2.24, 2.45) is 0 Å². The number of nitrogens with one attached hydrogen (secondary N) is 1. The van der Waals surface area contributed by atoms with Gasteiger partial charge in [0.15, 0.2) is 0 Å². The normalized spacial score (nSPS) is 12.8. The van der Waals surface area contributed by atoms with Crippen molar-refractivity contribution in [3.05, 3.63) is 0 Å². The lowest BCUT2D eigenvalue weighted by Gasteiger charge is -2.29. The number of carboxylic acids is 1. The molecule has 0 radical (unpaired) electrons. The lowest BCUT2D eigenvalue weighted by atomic mass is 10.2. The van der Waals surface area contributed by atoms with Gasteiger partial charge in [0.2, 0.25) is 5.91 Å². The molecule has 1 unspecified atom stereocenters. The van der Waals surface area contributed by atoms with Crippen LogP contribution in [0.4, 0.5) is 0 Å².